The lowest BCUT2D eigenvalue weighted by Gasteiger charge is -2.30. The minimum absolute atomic E-state index is 0.134. The minimum atomic E-state index is -0.774. The van der Waals surface area contributed by atoms with Gasteiger partial charge in [0.2, 0.25) is 0 Å². The monoisotopic (exact) mass is 337 g/mol. The molecule has 1 amide bonds. The first-order chi connectivity index (χ1) is 11.0. The van der Waals surface area contributed by atoms with Gasteiger partial charge in [0.15, 0.2) is 6.10 Å². The highest BCUT2D eigenvalue weighted by Crippen LogP contribution is 2.23. The van der Waals surface area contributed by atoms with E-state index in [9.17, 15) is 9.59 Å². The first-order valence-corrected chi connectivity index (χ1v) is 8.58. The van der Waals surface area contributed by atoms with E-state index in [1.807, 2.05) is 0 Å². The lowest BCUT2D eigenvalue weighted by Crippen LogP contribution is -2.46. The van der Waals surface area contributed by atoms with Crippen LogP contribution in [0.2, 0.25) is 5.02 Å². The summed E-state index contributed by atoms with van der Waals surface area (Å²) < 4.78 is 5.24. The molecule has 0 aliphatic heterocycles. The standard InChI is InChI=1S/C18H24ClNO3/c1-12-5-3-4-6-16(12)20-18(22)13(2)23-17(21)11-14-7-9-15(19)10-8-14/h7-10,12-13,16H,3-6,11H2,1-2H3,(H,20,22)/t12-,13+,16+/m1/s1. The van der Waals surface area contributed by atoms with E-state index in [4.69, 9.17) is 16.3 Å². The maximum Gasteiger partial charge on any atom is 0.311 e. The second-order valence-corrected chi connectivity index (χ2v) is 6.75. The predicted octanol–water partition coefficient (Wildman–Crippen LogP) is 3.51. The molecule has 1 aromatic rings. The summed E-state index contributed by atoms with van der Waals surface area (Å²) in [5, 5.41) is 3.63. The molecule has 0 bridgehead atoms. The number of nitrogens with one attached hydrogen (secondary N) is 1. The summed E-state index contributed by atoms with van der Waals surface area (Å²) in [6, 6.07) is 7.19. The number of halogens is 1. The molecule has 1 N–H and O–H groups in total. The summed E-state index contributed by atoms with van der Waals surface area (Å²) in [6.07, 6.45) is 3.85. The third kappa shape index (κ3) is 5.54. The zero-order chi connectivity index (χ0) is 16.8. The van der Waals surface area contributed by atoms with E-state index in [1.54, 1.807) is 31.2 Å². The summed E-state index contributed by atoms with van der Waals surface area (Å²) in [4.78, 5) is 24.1. The van der Waals surface area contributed by atoms with Crippen LogP contribution in [-0.2, 0) is 20.7 Å². The fourth-order valence-corrected chi connectivity index (χ4v) is 3.02. The molecule has 0 saturated heterocycles. The van der Waals surface area contributed by atoms with E-state index >= 15 is 0 Å². The van der Waals surface area contributed by atoms with Crippen molar-refractivity contribution in [3.8, 4) is 0 Å². The average Bonchev–Trinajstić information content (AvgIpc) is 2.51. The number of hydrogen-bond acceptors (Lipinski definition) is 3. The number of hydrogen-bond donors (Lipinski definition) is 1. The van der Waals surface area contributed by atoms with Crippen LogP contribution >= 0.6 is 11.6 Å². The van der Waals surface area contributed by atoms with Crippen molar-refractivity contribution >= 4 is 23.5 Å². The van der Waals surface area contributed by atoms with E-state index in [2.05, 4.69) is 12.2 Å². The van der Waals surface area contributed by atoms with Crippen LogP contribution in [0.1, 0.15) is 45.1 Å². The van der Waals surface area contributed by atoms with Crippen LogP contribution in [0, 0.1) is 5.92 Å². The Bertz CT molecular complexity index is 544. The van der Waals surface area contributed by atoms with Crippen LogP contribution in [0.3, 0.4) is 0 Å². The normalized spacial score (nSPS) is 22.2. The van der Waals surface area contributed by atoms with E-state index in [1.165, 1.54) is 6.42 Å². The Morgan fingerprint density at radius 3 is 2.57 bits per heavy atom. The molecule has 1 aromatic carbocycles. The van der Waals surface area contributed by atoms with Gasteiger partial charge in [-0.2, -0.15) is 0 Å². The van der Waals surface area contributed by atoms with Gasteiger partial charge < -0.3 is 10.1 Å². The van der Waals surface area contributed by atoms with Crippen LogP contribution < -0.4 is 5.32 Å². The Balaban J connectivity index is 1.80. The largest absolute Gasteiger partial charge is 0.452 e. The van der Waals surface area contributed by atoms with E-state index < -0.39 is 12.1 Å². The Hall–Kier alpha value is -1.55. The zero-order valence-electron chi connectivity index (χ0n) is 13.7. The average molecular weight is 338 g/mol. The van der Waals surface area contributed by atoms with E-state index in [0.717, 1.165) is 24.8 Å². The molecule has 0 spiro atoms. The number of amides is 1. The third-order valence-corrected chi connectivity index (χ3v) is 4.63. The van der Waals surface area contributed by atoms with Crippen LogP contribution in [0.4, 0.5) is 0 Å². The Kier molecular flexibility index (Phi) is 6.46. The first-order valence-electron chi connectivity index (χ1n) is 8.20. The van der Waals surface area contributed by atoms with Crippen LogP contribution in [0.25, 0.3) is 0 Å². The van der Waals surface area contributed by atoms with Crippen molar-refractivity contribution in [2.75, 3.05) is 0 Å². The van der Waals surface area contributed by atoms with Crippen LogP contribution in [-0.4, -0.2) is 24.0 Å². The highest BCUT2D eigenvalue weighted by atomic mass is 35.5. The van der Waals surface area contributed by atoms with Crippen molar-refractivity contribution in [1.82, 2.24) is 5.32 Å². The van der Waals surface area contributed by atoms with Gasteiger partial charge in [-0.25, -0.2) is 0 Å². The predicted molar refractivity (Wildman–Crippen MR) is 90.3 cm³/mol. The highest BCUT2D eigenvalue weighted by molar-refractivity contribution is 6.30. The fourth-order valence-electron chi connectivity index (χ4n) is 2.89. The Morgan fingerprint density at radius 2 is 1.91 bits per heavy atom. The zero-order valence-corrected chi connectivity index (χ0v) is 14.4. The third-order valence-electron chi connectivity index (χ3n) is 4.38. The number of rotatable bonds is 5. The lowest BCUT2D eigenvalue weighted by molar-refractivity contribution is -0.154. The van der Waals surface area contributed by atoms with Crippen molar-refractivity contribution in [3.63, 3.8) is 0 Å². The second kappa shape index (κ2) is 8.34. The molecule has 126 valence electrons. The quantitative estimate of drug-likeness (QED) is 0.836. The van der Waals surface area contributed by atoms with Crippen LogP contribution in [0.15, 0.2) is 24.3 Å². The van der Waals surface area contributed by atoms with Gasteiger partial charge in [0.1, 0.15) is 0 Å². The molecule has 1 aliphatic carbocycles. The SMILES string of the molecule is C[C@H](OC(=O)Cc1ccc(Cl)cc1)C(=O)N[C@H]1CCCC[C@H]1C. The second-order valence-electron chi connectivity index (χ2n) is 6.31. The van der Waals surface area contributed by atoms with Crippen molar-refractivity contribution in [1.29, 1.82) is 0 Å². The maximum absolute atomic E-state index is 12.2. The molecule has 0 aromatic heterocycles. The number of benzene rings is 1. The molecule has 0 heterocycles. The first kappa shape index (κ1) is 17.8. The van der Waals surface area contributed by atoms with E-state index in [-0.39, 0.29) is 18.4 Å². The molecule has 23 heavy (non-hydrogen) atoms. The smallest absolute Gasteiger partial charge is 0.311 e. The summed E-state index contributed by atoms with van der Waals surface area (Å²) in [5.41, 5.74) is 0.813. The van der Waals surface area contributed by atoms with Crippen LogP contribution in [0.5, 0.6) is 0 Å². The number of ether oxygens (including phenoxy) is 1. The summed E-state index contributed by atoms with van der Waals surface area (Å²) in [7, 11) is 0. The lowest BCUT2D eigenvalue weighted by atomic mass is 9.86. The van der Waals surface area contributed by atoms with Gasteiger partial charge in [-0.1, -0.05) is 43.5 Å². The summed E-state index contributed by atoms with van der Waals surface area (Å²) >= 11 is 5.81. The van der Waals surface area contributed by atoms with Gasteiger partial charge in [-0.15, -0.1) is 0 Å². The Morgan fingerprint density at radius 1 is 1.26 bits per heavy atom. The van der Waals surface area contributed by atoms with Crippen molar-refractivity contribution < 1.29 is 14.3 Å². The molecule has 1 aliphatic rings. The van der Waals surface area contributed by atoms with Crippen molar-refractivity contribution in [2.45, 2.75) is 58.1 Å². The minimum Gasteiger partial charge on any atom is -0.452 e. The topological polar surface area (TPSA) is 55.4 Å². The highest BCUT2D eigenvalue weighted by Gasteiger charge is 2.26. The molecule has 2 rings (SSSR count). The van der Waals surface area contributed by atoms with Gasteiger partial charge in [-0.3, -0.25) is 9.59 Å². The fraction of sp³-hybridized carbons (Fsp3) is 0.556. The molecule has 3 atom stereocenters. The maximum atomic E-state index is 12.2. The number of esters is 1. The molecule has 0 unspecified atom stereocenters. The van der Waals surface area contributed by atoms with Gasteiger partial charge in [0.05, 0.1) is 6.42 Å². The summed E-state index contributed by atoms with van der Waals surface area (Å²) in [5.74, 6) is -0.149. The molecule has 1 fully saturated rings. The van der Waals surface area contributed by atoms with Gasteiger partial charge in [0, 0.05) is 11.1 Å². The number of carbonyl (C=O) groups excluding carboxylic acids is 2. The molecular weight excluding hydrogens is 314 g/mol. The summed E-state index contributed by atoms with van der Waals surface area (Å²) in [6.45, 7) is 3.77. The van der Waals surface area contributed by atoms with Gasteiger partial charge in [-0.05, 0) is 43.4 Å². The Labute approximate surface area is 142 Å². The van der Waals surface area contributed by atoms with E-state index in [0.29, 0.717) is 10.9 Å². The van der Waals surface area contributed by atoms with Crippen molar-refractivity contribution in [3.05, 3.63) is 34.9 Å². The van der Waals surface area contributed by atoms with Crippen molar-refractivity contribution in [2.24, 2.45) is 5.92 Å². The molecular formula is C18H24ClNO3. The van der Waals surface area contributed by atoms with Gasteiger partial charge >= 0.3 is 5.97 Å². The van der Waals surface area contributed by atoms with Gasteiger partial charge in [0.25, 0.3) is 5.91 Å². The molecule has 0 radical (unpaired) electrons. The molecule has 4 nitrogen and oxygen atoms in total. The number of carbonyl (C=O) groups is 2. The molecule has 5 heteroatoms. The molecule has 1 saturated carbocycles.